The molecule has 1 aromatic carbocycles. The van der Waals surface area contributed by atoms with Crippen LogP contribution in [0, 0.1) is 5.92 Å². The molecule has 1 saturated heterocycles. The van der Waals surface area contributed by atoms with E-state index in [1.165, 1.54) is 5.56 Å². The van der Waals surface area contributed by atoms with Crippen LogP contribution in [0.25, 0.3) is 10.4 Å². The number of anilines is 1. The number of azide groups is 1. The highest BCUT2D eigenvalue weighted by Gasteiger charge is 2.29. The standard InChI is InChI=1S/C14H18N4O/c1-10(2)12-3-5-13(6-4-12)18-9-11(7-14(18)19)8-16-17-15/h3-6,10-11H,7-9H2,1-2H3. The summed E-state index contributed by atoms with van der Waals surface area (Å²) >= 11 is 0. The molecule has 1 fully saturated rings. The maximum atomic E-state index is 12.0. The van der Waals surface area contributed by atoms with E-state index in [1.807, 2.05) is 12.1 Å². The van der Waals surface area contributed by atoms with Gasteiger partial charge in [-0.2, -0.15) is 0 Å². The number of amides is 1. The van der Waals surface area contributed by atoms with E-state index in [0.717, 1.165) is 5.69 Å². The van der Waals surface area contributed by atoms with Gasteiger partial charge in [0.1, 0.15) is 0 Å². The first-order valence-corrected chi connectivity index (χ1v) is 6.53. The van der Waals surface area contributed by atoms with Crippen molar-refractivity contribution in [3.63, 3.8) is 0 Å². The van der Waals surface area contributed by atoms with Crippen molar-refractivity contribution in [2.24, 2.45) is 11.0 Å². The van der Waals surface area contributed by atoms with Crippen LogP contribution in [-0.4, -0.2) is 19.0 Å². The summed E-state index contributed by atoms with van der Waals surface area (Å²) in [4.78, 5) is 16.5. The zero-order chi connectivity index (χ0) is 13.8. The third kappa shape index (κ3) is 3.06. The minimum absolute atomic E-state index is 0.107. The summed E-state index contributed by atoms with van der Waals surface area (Å²) in [5.74, 6) is 0.727. The summed E-state index contributed by atoms with van der Waals surface area (Å²) in [6, 6.07) is 8.11. The Morgan fingerprint density at radius 2 is 2.11 bits per heavy atom. The molecular weight excluding hydrogens is 240 g/mol. The Morgan fingerprint density at radius 3 is 2.68 bits per heavy atom. The highest BCUT2D eigenvalue weighted by Crippen LogP contribution is 2.26. The van der Waals surface area contributed by atoms with E-state index in [9.17, 15) is 4.79 Å². The highest BCUT2D eigenvalue weighted by atomic mass is 16.2. The summed E-state index contributed by atoms with van der Waals surface area (Å²) in [5.41, 5.74) is 10.5. The van der Waals surface area contributed by atoms with Crippen molar-refractivity contribution in [1.82, 2.24) is 0 Å². The van der Waals surface area contributed by atoms with Gasteiger partial charge in [0.05, 0.1) is 0 Å². The molecule has 1 aliphatic heterocycles. The van der Waals surface area contributed by atoms with Crippen LogP contribution in [0.4, 0.5) is 5.69 Å². The van der Waals surface area contributed by atoms with E-state index in [0.29, 0.717) is 25.4 Å². The number of rotatable bonds is 4. The van der Waals surface area contributed by atoms with Crippen LogP contribution >= 0.6 is 0 Å². The first-order valence-electron chi connectivity index (χ1n) is 6.53. The van der Waals surface area contributed by atoms with Gasteiger partial charge in [-0.25, -0.2) is 0 Å². The molecule has 100 valence electrons. The second kappa shape index (κ2) is 5.76. The lowest BCUT2D eigenvalue weighted by atomic mass is 10.0. The van der Waals surface area contributed by atoms with E-state index >= 15 is 0 Å². The molecular formula is C14H18N4O. The van der Waals surface area contributed by atoms with Crippen molar-refractivity contribution in [1.29, 1.82) is 0 Å². The molecule has 1 aromatic rings. The fourth-order valence-electron chi connectivity index (χ4n) is 2.34. The average molecular weight is 258 g/mol. The molecule has 1 atom stereocenters. The Bertz CT molecular complexity index is 503. The SMILES string of the molecule is CC(C)c1ccc(N2CC(CN=[N+]=[N-])CC2=O)cc1. The van der Waals surface area contributed by atoms with Crippen LogP contribution < -0.4 is 4.90 Å². The lowest BCUT2D eigenvalue weighted by Crippen LogP contribution is -2.24. The number of nitrogens with zero attached hydrogens (tertiary/aromatic N) is 4. The van der Waals surface area contributed by atoms with Gasteiger partial charge in [-0.1, -0.05) is 31.1 Å². The van der Waals surface area contributed by atoms with E-state index in [4.69, 9.17) is 5.53 Å². The van der Waals surface area contributed by atoms with Crippen LogP contribution in [0.3, 0.4) is 0 Å². The Kier molecular flexibility index (Phi) is 4.07. The van der Waals surface area contributed by atoms with Gasteiger partial charge in [-0.15, -0.1) is 0 Å². The molecule has 5 nitrogen and oxygen atoms in total. The fraction of sp³-hybridized carbons (Fsp3) is 0.500. The number of carbonyl (C=O) groups is 1. The lowest BCUT2D eigenvalue weighted by molar-refractivity contribution is -0.117. The van der Waals surface area contributed by atoms with E-state index in [1.54, 1.807) is 4.90 Å². The maximum absolute atomic E-state index is 12.0. The van der Waals surface area contributed by atoms with Crippen LogP contribution in [0.2, 0.25) is 0 Å². The summed E-state index contributed by atoms with van der Waals surface area (Å²) in [6.07, 6.45) is 0.463. The molecule has 0 N–H and O–H groups in total. The van der Waals surface area contributed by atoms with Crippen molar-refractivity contribution >= 4 is 11.6 Å². The molecule has 0 radical (unpaired) electrons. The second-order valence-corrected chi connectivity index (χ2v) is 5.23. The molecule has 1 unspecified atom stereocenters. The minimum atomic E-state index is 0.107. The van der Waals surface area contributed by atoms with Gasteiger partial charge in [-0.3, -0.25) is 4.79 Å². The molecule has 0 saturated carbocycles. The van der Waals surface area contributed by atoms with Crippen LogP contribution in [0.15, 0.2) is 29.4 Å². The Morgan fingerprint density at radius 1 is 1.42 bits per heavy atom. The molecule has 1 amide bonds. The molecule has 0 bridgehead atoms. The van der Waals surface area contributed by atoms with E-state index in [2.05, 4.69) is 36.0 Å². The van der Waals surface area contributed by atoms with Crippen molar-refractivity contribution in [2.45, 2.75) is 26.2 Å². The number of benzene rings is 1. The van der Waals surface area contributed by atoms with Crippen LogP contribution in [0.5, 0.6) is 0 Å². The largest absolute Gasteiger partial charge is 0.312 e. The topological polar surface area (TPSA) is 69.1 Å². The van der Waals surface area contributed by atoms with Gasteiger partial charge < -0.3 is 4.90 Å². The summed E-state index contributed by atoms with van der Waals surface area (Å²) in [7, 11) is 0. The third-order valence-corrected chi connectivity index (χ3v) is 3.48. The summed E-state index contributed by atoms with van der Waals surface area (Å²) in [6.45, 7) is 5.32. The highest BCUT2D eigenvalue weighted by molar-refractivity contribution is 5.95. The molecule has 1 heterocycles. The molecule has 0 aromatic heterocycles. The zero-order valence-corrected chi connectivity index (χ0v) is 11.3. The predicted octanol–water partition coefficient (Wildman–Crippen LogP) is 3.47. The molecule has 1 aliphatic rings. The van der Waals surface area contributed by atoms with Crippen molar-refractivity contribution in [3.05, 3.63) is 40.3 Å². The maximum Gasteiger partial charge on any atom is 0.227 e. The van der Waals surface area contributed by atoms with Crippen molar-refractivity contribution in [2.75, 3.05) is 18.0 Å². The van der Waals surface area contributed by atoms with Crippen LogP contribution in [-0.2, 0) is 4.79 Å². The third-order valence-electron chi connectivity index (χ3n) is 3.48. The van der Waals surface area contributed by atoms with Crippen molar-refractivity contribution < 1.29 is 4.79 Å². The zero-order valence-electron chi connectivity index (χ0n) is 11.3. The van der Waals surface area contributed by atoms with Gasteiger partial charge in [0.15, 0.2) is 0 Å². The normalized spacial score (nSPS) is 18.8. The summed E-state index contributed by atoms with van der Waals surface area (Å²) in [5, 5.41) is 3.56. The summed E-state index contributed by atoms with van der Waals surface area (Å²) < 4.78 is 0. The number of carbonyl (C=O) groups excluding carboxylic acids is 1. The quantitative estimate of drug-likeness (QED) is 0.463. The molecule has 0 spiro atoms. The van der Waals surface area contributed by atoms with Gasteiger partial charge >= 0.3 is 0 Å². The molecule has 5 heteroatoms. The molecule has 2 rings (SSSR count). The molecule has 19 heavy (non-hydrogen) atoms. The average Bonchev–Trinajstić information content (AvgIpc) is 2.77. The van der Waals surface area contributed by atoms with Gasteiger partial charge in [0, 0.05) is 30.1 Å². The van der Waals surface area contributed by atoms with Crippen LogP contribution in [0.1, 0.15) is 31.7 Å². The Balaban J connectivity index is 2.09. The first kappa shape index (κ1) is 13.4. The minimum Gasteiger partial charge on any atom is -0.312 e. The molecule has 0 aliphatic carbocycles. The monoisotopic (exact) mass is 258 g/mol. The number of hydrogen-bond acceptors (Lipinski definition) is 2. The lowest BCUT2D eigenvalue weighted by Gasteiger charge is -2.17. The fourth-order valence-corrected chi connectivity index (χ4v) is 2.34. The van der Waals surface area contributed by atoms with Gasteiger partial charge in [-0.05, 0) is 35.1 Å². The van der Waals surface area contributed by atoms with E-state index in [-0.39, 0.29) is 11.8 Å². The number of hydrogen-bond donors (Lipinski definition) is 0. The Labute approximate surface area is 112 Å². The smallest absolute Gasteiger partial charge is 0.227 e. The van der Waals surface area contributed by atoms with E-state index < -0.39 is 0 Å². The first-order chi connectivity index (χ1) is 9.11. The predicted molar refractivity (Wildman–Crippen MR) is 75.0 cm³/mol. The second-order valence-electron chi connectivity index (χ2n) is 5.23. The van der Waals surface area contributed by atoms with Gasteiger partial charge in [0.25, 0.3) is 0 Å². The Hall–Kier alpha value is -2.00. The van der Waals surface area contributed by atoms with Crippen molar-refractivity contribution in [3.8, 4) is 0 Å². The van der Waals surface area contributed by atoms with Gasteiger partial charge in [0.2, 0.25) is 5.91 Å².